The molecule has 2 rings (SSSR count). The summed E-state index contributed by atoms with van der Waals surface area (Å²) in [4.78, 5) is 42.7. The molecule has 7 nitrogen and oxygen atoms in total. The third-order valence-electron chi connectivity index (χ3n) is 5.80. The van der Waals surface area contributed by atoms with E-state index >= 15 is 0 Å². The van der Waals surface area contributed by atoms with Crippen LogP contribution in [-0.4, -0.2) is 76.8 Å². The molecule has 1 heterocycles. The molecule has 4 amide bonds. The molecular formula is C19H34N4O3. The molecule has 2 fully saturated rings. The van der Waals surface area contributed by atoms with E-state index in [9.17, 15) is 14.4 Å². The standard InChI is InChI=1S/C19H34N4O3/c1-14(2)22(15(3)4)12-11-20-16(24)13-23-17(25)19(21(5)18(23)26)9-7-6-8-10-19/h14-15H,6-13H2,1-5H3,(H,20,24). The van der Waals surface area contributed by atoms with E-state index in [4.69, 9.17) is 0 Å². The number of hydrogen-bond donors (Lipinski definition) is 1. The quantitative estimate of drug-likeness (QED) is 0.698. The summed E-state index contributed by atoms with van der Waals surface area (Å²) in [5.74, 6) is -0.480. The second kappa shape index (κ2) is 8.37. The molecule has 26 heavy (non-hydrogen) atoms. The number of urea groups is 1. The van der Waals surface area contributed by atoms with E-state index in [-0.39, 0.29) is 24.4 Å². The zero-order chi connectivity index (χ0) is 19.5. The maximum atomic E-state index is 12.9. The largest absolute Gasteiger partial charge is 0.353 e. The average Bonchev–Trinajstić information content (AvgIpc) is 2.75. The van der Waals surface area contributed by atoms with Gasteiger partial charge in [0.05, 0.1) is 0 Å². The van der Waals surface area contributed by atoms with Gasteiger partial charge in [-0.05, 0) is 40.5 Å². The minimum atomic E-state index is -0.721. The van der Waals surface area contributed by atoms with Gasteiger partial charge >= 0.3 is 6.03 Å². The lowest BCUT2D eigenvalue weighted by Crippen LogP contribution is -2.49. The highest BCUT2D eigenvalue weighted by Crippen LogP contribution is 2.39. The minimum Gasteiger partial charge on any atom is -0.353 e. The Morgan fingerprint density at radius 2 is 1.69 bits per heavy atom. The van der Waals surface area contributed by atoms with Gasteiger partial charge in [-0.1, -0.05) is 19.3 Å². The summed E-state index contributed by atoms with van der Waals surface area (Å²) in [7, 11) is 1.69. The number of nitrogens with zero attached hydrogens (tertiary/aromatic N) is 3. The monoisotopic (exact) mass is 366 g/mol. The molecule has 1 N–H and O–H groups in total. The Kier molecular flexibility index (Phi) is 6.66. The molecule has 0 atom stereocenters. The van der Waals surface area contributed by atoms with Crippen molar-refractivity contribution >= 4 is 17.8 Å². The van der Waals surface area contributed by atoms with E-state index in [0.717, 1.165) is 30.7 Å². The molecule has 0 aromatic rings. The van der Waals surface area contributed by atoms with Crippen molar-refractivity contribution in [2.24, 2.45) is 0 Å². The fourth-order valence-electron chi connectivity index (χ4n) is 4.31. The van der Waals surface area contributed by atoms with Gasteiger partial charge in [0.2, 0.25) is 5.91 Å². The Hall–Kier alpha value is -1.63. The first-order valence-corrected chi connectivity index (χ1v) is 9.83. The Bertz CT molecular complexity index is 533. The summed E-state index contributed by atoms with van der Waals surface area (Å²) in [5.41, 5.74) is -0.721. The first kappa shape index (κ1) is 20.7. The van der Waals surface area contributed by atoms with Gasteiger partial charge in [-0.3, -0.25) is 19.4 Å². The van der Waals surface area contributed by atoms with Gasteiger partial charge in [0, 0.05) is 32.2 Å². The van der Waals surface area contributed by atoms with Crippen LogP contribution in [0.15, 0.2) is 0 Å². The maximum absolute atomic E-state index is 12.9. The first-order chi connectivity index (χ1) is 12.2. The third-order valence-corrected chi connectivity index (χ3v) is 5.80. The van der Waals surface area contributed by atoms with Crippen LogP contribution in [0, 0.1) is 0 Å². The van der Waals surface area contributed by atoms with Crippen LogP contribution in [0.5, 0.6) is 0 Å². The molecule has 0 unspecified atom stereocenters. The second-order valence-corrected chi connectivity index (χ2v) is 8.10. The molecule has 148 valence electrons. The topological polar surface area (TPSA) is 73.0 Å². The Labute approximate surface area is 157 Å². The molecule has 1 spiro atoms. The smallest absolute Gasteiger partial charge is 0.327 e. The van der Waals surface area contributed by atoms with Crippen LogP contribution in [0.25, 0.3) is 0 Å². The highest BCUT2D eigenvalue weighted by atomic mass is 16.2. The Balaban J connectivity index is 1.90. The highest BCUT2D eigenvalue weighted by molar-refractivity contribution is 6.08. The van der Waals surface area contributed by atoms with Crippen LogP contribution < -0.4 is 5.32 Å². The van der Waals surface area contributed by atoms with Crippen LogP contribution in [0.2, 0.25) is 0 Å². The summed E-state index contributed by atoms with van der Waals surface area (Å²) < 4.78 is 0. The minimum absolute atomic E-state index is 0.187. The normalized spacial score (nSPS) is 20.2. The van der Waals surface area contributed by atoms with E-state index in [0.29, 0.717) is 31.5 Å². The number of nitrogens with one attached hydrogen (secondary N) is 1. The zero-order valence-corrected chi connectivity index (χ0v) is 16.9. The van der Waals surface area contributed by atoms with Crippen molar-refractivity contribution in [1.82, 2.24) is 20.0 Å². The summed E-state index contributed by atoms with van der Waals surface area (Å²) in [6, 6.07) is 0.444. The molecule has 7 heteroatoms. The first-order valence-electron chi connectivity index (χ1n) is 9.83. The summed E-state index contributed by atoms with van der Waals surface area (Å²) in [6.07, 6.45) is 4.39. The van der Waals surface area contributed by atoms with Crippen molar-refractivity contribution in [3.63, 3.8) is 0 Å². The molecular weight excluding hydrogens is 332 g/mol. The molecule has 0 aromatic heterocycles. The second-order valence-electron chi connectivity index (χ2n) is 8.10. The van der Waals surface area contributed by atoms with Gasteiger partial charge < -0.3 is 10.2 Å². The van der Waals surface area contributed by atoms with Crippen LogP contribution in [-0.2, 0) is 9.59 Å². The van der Waals surface area contributed by atoms with Crippen LogP contribution in [0.3, 0.4) is 0 Å². The third kappa shape index (κ3) is 4.03. The number of hydrogen-bond acceptors (Lipinski definition) is 4. The fourth-order valence-corrected chi connectivity index (χ4v) is 4.31. The summed E-state index contributed by atoms with van der Waals surface area (Å²) in [5, 5.41) is 2.85. The molecule has 0 aromatic carbocycles. The Morgan fingerprint density at radius 3 is 2.23 bits per heavy atom. The van der Waals surface area contributed by atoms with Crippen LogP contribution >= 0.6 is 0 Å². The molecule has 1 aliphatic carbocycles. The van der Waals surface area contributed by atoms with E-state index in [2.05, 4.69) is 37.9 Å². The zero-order valence-electron chi connectivity index (χ0n) is 16.9. The maximum Gasteiger partial charge on any atom is 0.327 e. The van der Waals surface area contributed by atoms with Gasteiger partial charge in [-0.15, -0.1) is 0 Å². The van der Waals surface area contributed by atoms with Crippen LogP contribution in [0.4, 0.5) is 4.79 Å². The van der Waals surface area contributed by atoms with E-state index < -0.39 is 5.54 Å². The number of rotatable bonds is 7. The van der Waals surface area contributed by atoms with Gasteiger partial charge in [0.1, 0.15) is 12.1 Å². The summed E-state index contributed by atoms with van der Waals surface area (Å²) >= 11 is 0. The molecule has 1 saturated heterocycles. The fraction of sp³-hybridized carbons (Fsp3) is 0.842. The van der Waals surface area contributed by atoms with Crippen molar-refractivity contribution in [2.75, 3.05) is 26.7 Å². The summed E-state index contributed by atoms with van der Waals surface area (Å²) in [6.45, 7) is 9.57. The molecule has 2 aliphatic rings. The molecule has 1 aliphatic heterocycles. The lowest BCUT2D eigenvalue weighted by Gasteiger charge is -2.35. The number of amides is 4. The lowest BCUT2D eigenvalue weighted by atomic mass is 9.81. The number of likely N-dealkylation sites (N-methyl/N-ethyl adjacent to an activating group) is 1. The van der Waals surface area contributed by atoms with Gasteiger partial charge in [0.15, 0.2) is 0 Å². The number of carbonyl (C=O) groups is 3. The average molecular weight is 367 g/mol. The van der Waals surface area contributed by atoms with Crippen molar-refractivity contribution < 1.29 is 14.4 Å². The predicted molar refractivity (Wildman–Crippen MR) is 101 cm³/mol. The van der Waals surface area contributed by atoms with E-state index in [1.165, 1.54) is 0 Å². The van der Waals surface area contributed by atoms with E-state index in [1.807, 2.05) is 0 Å². The van der Waals surface area contributed by atoms with Gasteiger partial charge in [-0.25, -0.2) is 4.79 Å². The van der Waals surface area contributed by atoms with Crippen molar-refractivity contribution in [1.29, 1.82) is 0 Å². The van der Waals surface area contributed by atoms with Crippen molar-refractivity contribution in [3.8, 4) is 0 Å². The molecule has 0 bridgehead atoms. The SMILES string of the molecule is CC(C)N(CCNC(=O)CN1C(=O)N(C)C2(CCCCC2)C1=O)C(C)C. The van der Waals surface area contributed by atoms with E-state index in [1.54, 1.807) is 11.9 Å². The highest BCUT2D eigenvalue weighted by Gasteiger charge is 2.55. The Morgan fingerprint density at radius 1 is 1.12 bits per heavy atom. The van der Waals surface area contributed by atoms with Gasteiger partial charge in [0.25, 0.3) is 5.91 Å². The molecule has 1 saturated carbocycles. The van der Waals surface area contributed by atoms with Crippen molar-refractivity contribution in [2.45, 2.75) is 77.4 Å². The van der Waals surface area contributed by atoms with Crippen LogP contribution in [0.1, 0.15) is 59.8 Å². The lowest BCUT2D eigenvalue weighted by molar-refractivity contribution is -0.137. The number of carbonyl (C=O) groups excluding carboxylic acids is 3. The number of imide groups is 1. The molecule has 0 radical (unpaired) electrons. The van der Waals surface area contributed by atoms with Gasteiger partial charge in [-0.2, -0.15) is 0 Å². The van der Waals surface area contributed by atoms with Crippen molar-refractivity contribution in [3.05, 3.63) is 0 Å². The predicted octanol–water partition coefficient (Wildman–Crippen LogP) is 1.82.